The number of nitrogens with one attached hydrogen (secondary N) is 1. The first-order valence-electron chi connectivity index (χ1n) is 6.72. The number of hydrazone groups is 1. The van der Waals surface area contributed by atoms with Crippen LogP contribution in [0.3, 0.4) is 0 Å². The van der Waals surface area contributed by atoms with Gasteiger partial charge in [0.2, 0.25) is 0 Å². The maximum atomic E-state index is 11.9. The van der Waals surface area contributed by atoms with Crippen molar-refractivity contribution in [3.63, 3.8) is 0 Å². The Bertz CT molecular complexity index is 534. The minimum absolute atomic E-state index is 0.118. The van der Waals surface area contributed by atoms with Crippen LogP contribution in [0.1, 0.15) is 23.2 Å². The Morgan fingerprint density at radius 2 is 2.25 bits per heavy atom. The highest BCUT2D eigenvalue weighted by atomic mass is 35.5. The van der Waals surface area contributed by atoms with E-state index in [0.29, 0.717) is 5.56 Å². The molecule has 2 aliphatic rings. The molecule has 106 valence electrons. The maximum Gasteiger partial charge on any atom is 0.271 e. The van der Waals surface area contributed by atoms with Gasteiger partial charge in [0, 0.05) is 41.6 Å². The number of alkyl halides is 1. The van der Waals surface area contributed by atoms with Gasteiger partial charge in [-0.25, -0.2) is 5.43 Å². The van der Waals surface area contributed by atoms with Crippen LogP contribution >= 0.6 is 11.6 Å². The fourth-order valence-electron chi connectivity index (χ4n) is 3.30. The fraction of sp³-hybridized carbons (Fsp3) is 0.500. The molecule has 20 heavy (non-hydrogen) atoms. The van der Waals surface area contributed by atoms with Crippen molar-refractivity contribution in [1.82, 2.24) is 10.4 Å². The Hall–Kier alpha value is -1.46. The van der Waals surface area contributed by atoms with Crippen LogP contribution in [0.2, 0.25) is 0 Å². The lowest BCUT2D eigenvalue weighted by atomic mass is 9.98. The van der Waals surface area contributed by atoms with E-state index in [9.17, 15) is 9.90 Å². The number of amides is 1. The number of carbonyl (C=O) groups is 1. The summed E-state index contributed by atoms with van der Waals surface area (Å²) >= 11 is 6.25. The molecule has 2 bridgehead atoms. The topological polar surface area (TPSA) is 74.6 Å². The summed E-state index contributed by atoms with van der Waals surface area (Å²) in [5.74, 6) is 0.424. The van der Waals surface area contributed by atoms with Crippen LogP contribution < -0.4 is 5.43 Å². The van der Waals surface area contributed by atoms with Crippen LogP contribution in [0.5, 0.6) is 0 Å². The van der Waals surface area contributed by atoms with E-state index in [1.807, 2.05) is 0 Å². The third kappa shape index (κ3) is 2.31. The van der Waals surface area contributed by atoms with Crippen molar-refractivity contribution in [2.45, 2.75) is 18.2 Å². The number of aromatic nitrogens is 1. The van der Waals surface area contributed by atoms with Gasteiger partial charge in [-0.1, -0.05) is 0 Å². The van der Waals surface area contributed by atoms with Gasteiger partial charge in [-0.3, -0.25) is 9.78 Å². The summed E-state index contributed by atoms with van der Waals surface area (Å²) in [7, 11) is 0. The average Bonchev–Trinajstić information content (AvgIpc) is 2.98. The van der Waals surface area contributed by atoms with Crippen molar-refractivity contribution in [2.24, 2.45) is 22.9 Å². The molecule has 4 atom stereocenters. The van der Waals surface area contributed by atoms with E-state index in [4.69, 9.17) is 11.6 Å². The molecule has 1 aromatic rings. The molecule has 1 heterocycles. The number of hydrogen-bond donors (Lipinski definition) is 2. The van der Waals surface area contributed by atoms with Gasteiger partial charge in [0.15, 0.2) is 0 Å². The van der Waals surface area contributed by atoms with Crippen LogP contribution in [0.4, 0.5) is 0 Å². The van der Waals surface area contributed by atoms with Crippen molar-refractivity contribution in [3.8, 4) is 0 Å². The van der Waals surface area contributed by atoms with Gasteiger partial charge in [0.05, 0.1) is 0 Å². The molecular weight excluding hydrogens is 278 g/mol. The molecule has 5 nitrogen and oxygen atoms in total. The normalized spacial score (nSPS) is 33.6. The predicted octanol–water partition coefficient (Wildman–Crippen LogP) is 1.42. The lowest BCUT2D eigenvalue weighted by Gasteiger charge is -2.16. The van der Waals surface area contributed by atoms with Crippen LogP contribution in [0.15, 0.2) is 29.6 Å². The molecule has 0 spiro atoms. The summed E-state index contributed by atoms with van der Waals surface area (Å²) in [6.45, 7) is 0.135. The number of pyridine rings is 1. The van der Waals surface area contributed by atoms with E-state index in [0.717, 1.165) is 18.6 Å². The van der Waals surface area contributed by atoms with Gasteiger partial charge in [0.1, 0.15) is 0 Å². The molecule has 6 heteroatoms. The van der Waals surface area contributed by atoms with Gasteiger partial charge < -0.3 is 5.11 Å². The minimum atomic E-state index is -0.245. The van der Waals surface area contributed by atoms with E-state index in [1.54, 1.807) is 24.5 Å². The number of aliphatic hydroxyl groups is 1. The molecule has 0 unspecified atom stereocenters. The highest BCUT2D eigenvalue weighted by Crippen LogP contribution is 2.49. The minimum Gasteiger partial charge on any atom is -0.396 e. The summed E-state index contributed by atoms with van der Waals surface area (Å²) in [6.07, 6.45) is 4.74. The Kier molecular flexibility index (Phi) is 3.72. The van der Waals surface area contributed by atoms with Crippen molar-refractivity contribution in [1.29, 1.82) is 0 Å². The summed E-state index contributed by atoms with van der Waals surface area (Å²) in [5, 5.41) is 13.8. The van der Waals surface area contributed by atoms with Gasteiger partial charge in [-0.05, 0) is 36.8 Å². The molecule has 0 aliphatic heterocycles. The van der Waals surface area contributed by atoms with Crippen LogP contribution in [0, 0.1) is 17.8 Å². The highest BCUT2D eigenvalue weighted by molar-refractivity contribution is 6.22. The number of carbonyl (C=O) groups excluding carboxylic acids is 1. The Morgan fingerprint density at radius 1 is 1.50 bits per heavy atom. The quantitative estimate of drug-likeness (QED) is 0.654. The molecule has 2 saturated carbocycles. The molecule has 2 N–H and O–H groups in total. The SMILES string of the molecule is O=C(NN=C1C[C@H]2[C@H](CO)[C@@H]1C[C@@H]2Cl)c1ccncc1. The number of nitrogens with zero attached hydrogens (tertiary/aromatic N) is 2. The third-order valence-corrected chi connectivity index (χ3v) is 4.84. The maximum absolute atomic E-state index is 11.9. The number of halogens is 1. The van der Waals surface area contributed by atoms with Gasteiger partial charge >= 0.3 is 0 Å². The summed E-state index contributed by atoms with van der Waals surface area (Å²) in [5.41, 5.74) is 4.06. The molecule has 0 aromatic carbocycles. The third-order valence-electron chi connectivity index (χ3n) is 4.34. The molecule has 2 aliphatic carbocycles. The second kappa shape index (κ2) is 5.50. The number of hydrogen-bond acceptors (Lipinski definition) is 4. The van der Waals surface area contributed by atoms with Gasteiger partial charge in [-0.2, -0.15) is 5.10 Å². The van der Waals surface area contributed by atoms with E-state index in [2.05, 4.69) is 15.5 Å². The monoisotopic (exact) mass is 293 g/mol. The molecule has 1 amide bonds. The zero-order chi connectivity index (χ0) is 14.1. The summed E-state index contributed by atoms with van der Waals surface area (Å²) in [4.78, 5) is 15.8. The lowest BCUT2D eigenvalue weighted by Crippen LogP contribution is -2.24. The predicted molar refractivity (Wildman–Crippen MR) is 75.6 cm³/mol. The van der Waals surface area contributed by atoms with E-state index < -0.39 is 0 Å². The zero-order valence-electron chi connectivity index (χ0n) is 10.9. The summed E-state index contributed by atoms with van der Waals surface area (Å²) < 4.78 is 0. The number of aliphatic hydroxyl groups excluding tert-OH is 1. The molecule has 0 saturated heterocycles. The van der Waals surface area contributed by atoms with Crippen molar-refractivity contribution in [2.75, 3.05) is 6.61 Å². The standard InChI is InChI=1S/C14H16ClN3O2/c15-12-5-10-11(7-19)9(12)6-13(10)17-18-14(20)8-1-3-16-4-2-8/h1-4,9-12,19H,5-7H2,(H,18,20)/t9-,10-,11-,12-/m0/s1. The molecular formula is C14H16ClN3O2. The Labute approximate surface area is 122 Å². The second-order valence-corrected chi connectivity index (χ2v) is 5.91. The Balaban J connectivity index is 1.68. The average molecular weight is 294 g/mol. The molecule has 3 rings (SSSR count). The zero-order valence-corrected chi connectivity index (χ0v) is 11.6. The molecule has 1 aromatic heterocycles. The van der Waals surface area contributed by atoms with E-state index >= 15 is 0 Å². The van der Waals surface area contributed by atoms with Crippen LogP contribution in [-0.2, 0) is 0 Å². The smallest absolute Gasteiger partial charge is 0.271 e. The Morgan fingerprint density at radius 3 is 2.90 bits per heavy atom. The van der Waals surface area contributed by atoms with Crippen molar-refractivity contribution in [3.05, 3.63) is 30.1 Å². The van der Waals surface area contributed by atoms with Crippen molar-refractivity contribution < 1.29 is 9.90 Å². The van der Waals surface area contributed by atoms with E-state index in [-0.39, 0.29) is 35.6 Å². The van der Waals surface area contributed by atoms with Gasteiger partial charge in [0.25, 0.3) is 5.91 Å². The second-order valence-electron chi connectivity index (χ2n) is 5.35. The highest BCUT2D eigenvalue weighted by Gasteiger charge is 2.50. The van der Waals surface area contributed by atoms with Crippen LogP contribution in [-0.4, -0.2) is 33.7 Å². The van der Waals surface area contributed by atoms with Crippen molar-refractivity contribution >= 4 is 23.2 Å². The number of fused-ring (bicyclic) bond motifs is 2. The number of rotatable bonds is 3. The van der Waals surface area contributed by atoms with Gasteiger partial charge in [-0.15, -0.1) is 11.6 Å². The lowest BCUT2D eigenvalue weighted by molar-refractivity contribution is 0.0954. The van der Waals surface area contributed by atoms with E-state index in [1.165, 1.54) is 0 Å². The summed E-state index contributed by atoms with van der Waals surface area (Å²) in [6, 6.07) is 3.28. The largest absolute Gasteiger partial charge is 0.396 e. The first kappa shape index (κ1) is 13.5. The fourth-order valence-corrected chi connectivity index (χ4v) is 3.76. The molecule has 0 radical (unpaired) electrons. The van der Waals surface area contributed by atoms with Crippen LogP contribution in [0.25, 0.3) is 0 Å². The molecule has 2 fully saturated rings. The first-order chi connectivity index (χ1) is 9.70. The first-order valence-corrected chi connectivity index (χ1v) is 7.16.